The number of benzene rings is 1. The quantitative estimate of drug-likeness (QED) is 0.596. The molecule has 1 unspecified atom stereocenters. The average molecular weight is 443 g/mol. The molecule has 1 aliphatic rings. The van der Waals surface area contributed by atoms with Crippen LogP contribution in [-0.2, 0) is 20.9 Å². The number of rotatable bonds is 8. The van der Waals surface area contributed by atoms with E-state index in [0.717, 1.165) is 11.3 Å². The smallest absolute Gasteiger partial charge is 0.338 e. The maximum absolute atomic E-state index is 12.4. The molecule has 0 aliphatic carbocycles. The van der Waals surface area contributed by atoms with Crippen LogP contribution < -0.4 is 15.4 Å². The number of ether oxygens (including phenoxy) is 3. The van der Waals surface area contributed by atoms with E-state index < -0.39 is 24.0 Å². The van der Waals surface area contributed by atoms with E-state index in [1.165, 1.54) is 0 Å². The van der Waals surface area contributed by atoms with Crippen LogP contribution in [0.5, 0.6) is 5.75 Å². The van der Waals surface area contributed by atoms with Gasteiger partial charge in [-0.1, -0.05) is 5.16 Å². The predicted octanol–water partition coefficient (Wildman–Crippen LogP) is 2.55. The molecular formula is C22H25N3O7. The number of carbonyl (C=O) groups is 3. The minimum Gasteiger partial charge on any atom is -0.489 e. The molecule has 2 N–H and O–H groups in total. The third kappa shape index (κ3) is 5.26. The molecule has 0 fully saturated rings. The second-order valence-electron chi connectivity index (χ2n) is 7.12. The lowest BCUT2D eigenvalue weighted by molar-refractivity contribution is -0.139. The van der Waals surface area contributed by atoms with E-state index in [1.54, 1.807) is 38.1 Å². The van der Waals surface area contributed by atoms with Crippen LogP contribution in [0.25, 0.3) is 0 Å². The van der Waals surface area contributed by atoms with E-state index in [1.807, 2.05) is 13.8 Å². The zero-order chi connectivity index (χ0) is 23.3. The lowest BCUT2D eigenvalue weighted by Crippen LogP contribution is -2.50. The number of hydrogen-bond donors (Lipinski definition) is 2. The fraction of sp³-hybridized carbons (Fsp3) is 0.364. The maximum Gasteiger partial charge on any atom is 0.338 e. The van der Waals surface area contributed by atoms with Crippen molar-refractivity contribution in [3.05, 3.63) is 58.1 Å². The molecule has 1 aliphatic heterocycles. The number of nitrogens with zero attached hydrogens (tertiary/aromatic N) is 1. The summed E-state index contributed by atoms with van der Waals surface area (Å²) in [7, 11) is 0. The second-order valence-corrected chi connectivity index (χ2v) is 7.12. The van der Waals surface area contributed by atoms with Crippen molar-refractivity contribution in [2.75, 3.05) is 13.2 Å². The second kappa shape index (κ2) is 9.99. The Kier molecular flexibility index (Phi) is 7.14. The summed E-state index contributed by atoms with van der Waals surface area (Å²) in [4.78, 5) is 36.5. The van der Waals surface area contributed by atoms with Gasteiger partial charge in [-0.05, 0) is 52.0 Å². The highest BCUT2D eigenvalue weighted by Gasteiger charge is 2.30. The van der Waals surface area contributed by atoms with Crippen molar-refractivity contribution >= 4 is 18.0 Å². The van der Waals surface area contributed by atoms with Gasteiger partial charge in [0.25, 0.3) is 0 Å². The number of aryl methyl sites for hydroxylation is 2. The van der Waals surface area contributed by atoms with E-state index >= 15 is 0 Å². The summed E-state index contributed by atoms with van der Waals surface area (Å²) in [5.41, 5.74) is 2.33. The summed E-state index contributed by atoms with van der Waals surface area (Å²) in [6.07, 6.45) is 0. The van der Waals surface area contributed by atoms with Gasteiger partial charge < -0.3 is 29.4 Å². The van der Waals surface area contributed by atoms with Gasteiger partial charge >= 0.3 is 18.0 Å². The van der Waals surface area contributed by atoms with E-state index in [4.69, 9.17) is 18.7 Å². The van der Waals surface area contributed by atoms with Gasteiger partial charge in [0, 0.05) is 0 Å². The molecule has 1 atom stereocenters. The van der Waals surface area contributed by atoms with Crippen LogP contribution in [0.4, 0.5) is 4.79 Å². The molecule has 10 heteroatoms. The van der Waals surface area contributed by atoms with Crippen LogP contribution in [0.2, 0.25) is 0 Å². The van der Waals surface area contributed by atoms with Gasteiger partial charge in [0.05, 0.1) is 40.7 Å². The minimum absolute atomic E-state index is 0.181. The summed E-state index contributed by atoms with van der Waals surface area (Å²) in [5, 5.41) is 8.97. The number of aromatic nitrogens is 1. The molecule has 170 valence electrons. The van der Waals surface area contributed by atoms with Crippen molar-refractivity contribution in [2.24, 2.45) is 0 Å². The highest BCUT2D eigenvalue weighted by Crippen LogP contribution is 2.19. The minimum atomic E-state index is -0.613. The van der Waals surface area contributed by atoms with Crippen LogP contribution in [0, 0.1) is 13.8 Å². The summed E-state index contributed by atoms with van der Waals surface area (Å²) in [5.74, 6) is 0.0589. The molecule has 32 heavy (non-hydrogen) atoms. The van der Waals surface area contributed by atoms with Gasteiger partial charge in [-0.25, -0.2) is 14.4 Å². The van der Waals surface area contributed by atoms with E-state index in [-0.39, 0.29) is 24.5 Å². The van der Waals surface area contributed by atoms with Crippen LogP contribution in [0.15, 0.2) is 40.1 Å². The van der Waals surface area contributed by atoms with Gasteiger partial charge in [0.15, 0.2) is 0 Å². The van der Waals surface area contributed by atoms with E-state index in [9.17, 15) is 14.4 Å². The molecule has 1 aromatic carbocycles. The van der Waals surface area contributed by atoms with Crippen molar-refractivity contribution in [1.29, 1.82) is 0 Å². The van der Waals surface area contributed by atoms with E-state index in [2.05, 4.69) is 15.8 Å². The lowest BCUT2D eigenvalue weighted by Gasteiger charge is -2.26. The summed E-state index contributed by atoms with van der Waals surface area (Å²) < 4.78 is 21.2. The zero-order valence-electron chi connectivity index (χ0n) is 18.3. The highest BCUT2D eigenvalue weighted by atomic mass is 16.5. The molecular weight excluding hydrogens is 418 g/mol. The number of carbonyl (C=O) groups excluding carboxylic acids is 3. The zero-order valence-corrected chi connectivity index (χ0v) is 18.3. The molecule has 0 saturated heterocycles. The summed E-state index contributed by atoms with van der Waals surface area (Å²) >= 11 is 0. The molecule has 2 heterocycles. The fourth-order valence-corrected chi connectivity index (χ4v) is 3.17. The Bertz CT molecular complexity index is 1020. The van der Waals surface area contributed by atoms with Crippen molar-refractivity contribution in [3.63, 3.8) is 0 Å². The van der Waals surface area contributed by atoms with Gasteiger partial charge in [0.1, 0.15) is 24.7 Å². The number of nitrogens with one attached hydrogen (secondary N) is 2. The first kappa shape index (κ1) is 22.9. The highest BCUT2D eigenvalue weighted by molar-refractivity contribution is 5.95. The van der Waals surface area contributed by atoms with Crippen molar-refractivity contribution in [2.45, 2.75) is 40.3 Å². The predicted molar refractivity (Wildman–Crippen MR) is 112 cm³/mol. The molecule has 0 saturated carbocycles. The molecule has 0 bridgehead atoms. The third-order valence-electron chi connectivity index (χ3n) is 4.87. The topological polar surface area (TPSA) is 129 Å². The molecule has 10 nitrogen and oxygen atoms in total. The average Bonchev–Trinajstić information content (AvgIpc) is 3.07. The van der Waals surface area contributed by atoms with E-state index in [0.29, 0.717) is 23.7 Å². The van der Waals surface area contributed by atoms with Gasteiger partial charge in [-0.3, -0.25) is 0 Å². The monoisotopic (exact) mass is 443 g/mol. The molecule has 2 aromatic rings. The maximum atomic E-state index is 12.4. The van der Waals surface area contributed by atoms with Gasteiger partial charge in [-0.2, -0.15) is 0 Å². The van der Waals surface area contributed by atoms with Crippen molar-refractivity contribution < 1.29 is 33.1 Å². The van der Waals surface area contributed by atoms with Crippen LogP contribution >= 0.6 is 0 Å². The number of hydrogen-bond acceptors (Lipinski definition) is 8. The molecule has 0 spiro atoms. The summed E-state index contributed by atoms with van der Waals surface area (Å²) in [6, 6.07) is 5.35. The Morgan fingerprint density at radius 2 is 1.81 bits per heavy atom. The Morgan fingerprint density at radius 3 is 2.44 bits per heavy atom. The Balaban J connectivity index is 1.63. The first-order valence-corrected chi connectivity index (χ1v) is 10.1. The van der Waals surface area contributed by atoms with Crippen molar-refractivity contribution in [3.8, 4) is 5.75 Å². The number of urea groups is 1. The van der Waals surface area contributed by atoms with Gasteiger partial charge in [-0.15, -0.1) is 0 Å². The normalized spacial score (nSPS) is 15.6. The SMILES string of the molecule is CCOC(=O)C1=C(COC(=O)c2ccc(OCc3c(C)noc3C)cc2)NC(=O)NC1C. The molecule has 2 amide bonds. The first-order chi connectivity index (χ1) is 15.3. The first-order valence-electron chi connectivity index (χ1n) is 10.1. The van der Waals surface area contributed by atoms with Crippen LogP contribution in [0.1, 0.15) is 41.2 Å². The largest absolute Gasteiger partial charge is 0.489 e. The number of amides is 2. The van der Waals surface area contributed by atoms with Crippen LogP contribution in [-0.4, -0.2) is 42.4 Å². The molecule has 0 radical (unpaired) electrons. The van der Waals surface area contributed by atoms with Crippen molar-refractivity contribution in [1.82, 2.24) is 15.8 Å². The Hall–Kier alpha value is -3.82. The molecule has 1 aromatic heterocycles. The third-order valence-corrected chi connectivity index (χ3v) is 4.87. The standard InChI is InChI=1S/C22H25N3O7/c1-5-29-21(27)19-13(3)23-22(28)24-18(19)11-31-20(26)15-6-8-16(9-7-15)30-10-17-12(2)25-32-14(17)4/h6-9,13H,5,10-11H2,1-4H3,(H2,23,24,28). The Morgan fingerprint density at radius 1 is 1.09 bits per heavy atom. The van der Waals surface area contributed by atoms with Gasteiger partial charge in [0.2, 0.25) is 0 Å². The summed E-state index contributed by atoms with van der Waals surface area (Å²) in [6.45, 7) is 7.17. The lowest BCUT2D eigenvalue weighted by atomic mass is 10.0. The Labute approximate surface area is 184 Å². The fourth-order valence-electron chi connectivity index (χ4n) is 3.17. The van der Waals surface area contributed by atoms with Crippen LogP contribution in [0.3, 0.4) is 0 Å². The number of esters is 2. The molecule has 3 rings (SSSR count).